The van der Waals surface area contributed by atoms with Gasteiger partial charge in [0.15, 0.2) is 12.6 Å². The third-order valence-electron chi connectivity index (χ3n) is 5.02. The van der Waals surface area contributed by atoms with Gasteiger partial charge in [0, 0.05) is 32.6 Å². The van der Waals surface area contributed by atoms with Crippen molar-refractivity contribution in [1.29, 1.82) is 0 Å². The summed E-state index contributed by atoms with van der Waals surface area (Å²) in [5, 5.41) is 3.42. The van der Waals surface area contributed by atoms with Crippen LogP contribution in [0.4, 0.5) is 0 Å². The highest BCUT2D eigenvalue weighted by molar-refractivity contribution is 14.0. The molecule has 3 rings (SSSR count). The molecule has 1 saturated heterocycles. The number of hydrogen-bond acceptors (Lipinski definition) is 4. The molecule has 1 amide bonds. The lowest BCUT2D eigenvalue weighted by molar-refractivity contribution is -0.119. The molecule has 3 N–H and O–H groups in total. The normalized spacial score (nSPS) is 16.0. The number of carbonyl (C=O) groups excluding carboxylic acids is 1. The number of guanidine groups is 1. The summed E-state index contributed by atoms with van der Waals surface area (Å²) >= 11 is 0. The van der Waals surface area contributed by atoms with Gasteiger partial charge < -0.3 is 25.4 Å². The second kappa shape index (κ2) is 11.6. The fourth-order valence-corrected chi connectivity index (χ4v) is 3.51. The van der Waals surface area contributed by atoms with Crippen molar-refractivity contribution in [2.45, 2.75) is 18.9 Å². The zero-order valence-electron chi connectivity index (χ0n) is 17.3. The summed E-state index contributed by atoms with van der Waals surface area (Å²) in [4.78, 5) is 17.6. The summed E-state index contributed by atoms with van der Waals surface area (Å²) in [6.07, 6.45) is 1.09. The van der Waals surface area contributed by atoms with Crippen LogP contribution in [-0.4, -0.2) is 50.6 Å². The number of carbonyl (C=O) groups is 1. The average molecular weight is 524 g/mol. The van der Waals surface area contributed by atoms with Gasteiger partial charge in [-0.2, -0.15) is 0 Å². The lowest BCUT2D eigenvalue weighted by Gasteiger charge is -2.22. The quantitative estimate of drug-likeness (QED) is 0.331. The van der Waals surface area contributed by atoms with Crippen LogP contribution in [0.3, 0.4) is 0 Å². The predicted molar refractivity (Wildman–Crippen MR) is 129 cm³/mol. The average Bonchev–Trinajstić information content (AvgIpc) is 3.23. The molecule has 0 radical (unpaired) electrons. The molecule has 7 nitrogen and oxygen atoms in total. The first kappa shape index (κ1) is 23.8. The van der Waals surface area contributed by atoms with Gasteiger partial charge in [-0.1, -0.05) is 24.3 Å². The zero-order chi connectivity index (χ0) is 20.6. The fraction of sp³-hybridized carbons (Fsp3) is 0.364. The largest absolute Gasteiger partial charge is 0.497 e. The minimum Gasteiger partial charge on any atom is -0.497 e. The van der Waals surface area contributed by atoms with Crippen LogP contribution >= 0.6 is 24.0 Å². The Balaban J connectivity index is 0.00000320. The SMILES string of the molecule is CN=C(NCc1cccc(OCC(N)=O)c1)N1CCC(c2ccc(OC)cc2)C1.I. The van der Waals surface area contributed by atoms with Crippen LogP contribution in [0, 0.1) is 0 Å². The van der Waals surface area contributed by atoms with Crippen molar-refractivity contribution in [2.24, 2.45) is 10.7 Å². The molecule has 162 valence electrons. The summed E-state index contributed by atoms with van der Waals surface area (Å²) in [6.45, 7) is 2.37. The van der Waals surface area contributed by atoms with Crippen molar-refractivity contribution < 1.29 is 14.3 Å². The zero-order valence-corrected chi connectivity index (χ0v) is 19.7. The first-order valence-corrected chi connectivity index (χ1v) is 9.68. The van der Waals surface area contributed by atoms with E-state index in [4.69, 9.17) is 15.2 Å². The molecule has 1 aliphatic rings. The minimum atomic E-state index is -0.491. The van der Waals surface area contributed by atoms with Gasteiger partial charge in [-0.25, -0.2) is 0 Å². The molecule has 1 heterocycles. The monoisotopic (exact) mass is 524 g/mol. The van der Waals surface area contributed by atoms with E-state index in [1.807, 2.05) is 30.3 Å². The summed E-state index contributed by atoms with van der Waals surface area (Å²) < 4.78 is 10.6. The van der Waals surface area contributed by atoms with Crippen molar-refractivity contribution >= 4 is 35.8 Å². The maximum absolute atomic E-state index is 10.9. The molecule has 2 aromatic carbocycles. The van der Waals surface area contributed by atoms with E-state index in [1.165, 1.54) is 5.56 Å². The van der Waals surface area contributed by atoms with E-state index in [2.05, 4.69) is 27.3 Å². The van der Waals surface area contributed by atoms with Gasteiger partial charge in [0.05, 0.1) is 7.11 Å². The molecular formula is C22H29IN4O3. The molecular weight excluding hydrogens is 495 g/mol. The van der Waals surface area contributed by atoms with E-state index in [9.17, 15) is 4.79 Å². The van der Waals surface area contributed by atoms with Crippen molar-refractivity contribution in [1.82, 2.24) is 10.2 Å². The Morgan fingerprint density at radius 3 is 2.67 bits per heavy atom. The Hall–Kier alpha value is -2.49. The van der Waals surface area contributed by atoms with Gasteiger partial charge in [0.1, 0.15) is 11.5 Å². The Morgan fingerprint density at radius 2 is 2.00 bits per heavy atom. The number of primary amides is 1. The summed E-state index contributed by atoms with van der Waals surface area (Å²) in [7, 11) is 3.48. The van der Waals surface area contributed by atoms with E-state index in [0.29, 0.717) is 18.2 Å². The number of hydrogen-bond donors (Lipinski definition) is 2. The highest BCUT2D eigenvalue weighted by Crippen LogP contribution is 2.28. The molecule has 8 heteroatoms. The number of halogens is 1. The smallest absolute Gasteiger partial charge is 0.255 e. The van der Waals surface area contributed by atoms with E-state index < -0.39 is 5.91 Å². The number of nitrogens with two attached hydrogens (primary N) is 1. The Morgan fingerprint density at radius 1 is 1.23 bits per heavy atom. The molecule has 2 aromatic rings. The molecule has 1 aliphatic heterocycles. The molecule has 0 saturated carbocycles. The Bertz CT molecular complexity index is 858. The van der Waals surface area contributed by atoms with E-state index in [1.54, 1.807) is 20.2 Å². The molecule has 1 fully saturated rings. The second-order valence-corrected chi connectivity index (χ2v) is 7.01. The van der Waals surface area contributed by atoms with Crippen molar-refractivity contribution in [2.75, 3.05) is 33.9 Å². The van der Waals surface area contributed by atoms with Crippen molar-refractivity contribution in [3.63, 3.8) is 0 Å². The number of nitrogens with one attached hydrogen (secondary N) is 1. The van der Waals surface area contributed by atoms with Gasteiger partial charge in [0.25, 0.3) is 5.91 Å². The highest BCUT2D eigenvalue weighted by Gasteiger charge is 2.26. The van der Waals surface area contributed by atoms with Crippen LogP contribution in [0.1, 0.15) is 23.5 Å². The molecule has 1 unspecified atom stereocenters. The first-order valence-electron chi connectivity index (χ1n) is 9.68. The van der Waals surface area contributed by atoms with Crippen molar-refractivity contribution in [3.05, 3.63) is 59.7 Å². The van der Waals surface area contributed by atoms with Crippen LogP contribution in [0.15, 0.2) is 53.5 Å². The lowest BCUT2D eigenvalue weighted by Crippen LogP contribution is -2.39. The standard InChI is InChI=1S/C22H28N4O3.HI/c1-24-22(25-13-16-4-3-5-20(12-16)29-15-21(23)27)26-11-10-18(14-26)17-6-8-19(28-2)9-7-17;/h3-9,12,18H,10-11,13-15H2,1-2H3,(H2,23,27)(H,24,25);1H. The maximum atomic E-state index is 10.9. The number of ether oxygens (including phenoxy) is 2. The van der Waals surface area contributed by atoms with Gasteiger partial charge >= 0.3 is 0 Å². The number of nitrogens with zero attached hydrogens (tertiary/aromatic N) is 2. The highest BCUT2D eigenvalue weighted by atomic mass is 127. The molecule has 0 spiro atoms. The van der Waals surface area contributed by atoms with Crippen molar-refractivity contribution in [3.8, 4) is 11.5 Å². The molecule has 0 aromatic heterocycles. The Labute approximate surface area is 194 Å². The summed E-state index contributed by atoms with van der Waals surface area (Å²) in [6, 6.07) is 15.9. The molecule has 0 aliphatic carbocycles. The number of aliphatic imine (C=N–C) groups is 1. The minimum absolute atomic E-state index is 0. The molecule has 0 bridgehead atoms. The van der Waals surface area contributed by atoms with Crippen LogP contribution in [0.2, 0.25) is 0 Å². The topological polar surface area (TPSA) is 89.2 Å². The van der Waals surface area contributed by atoms with Crippen LogP contribution in [0.25, 0.3) is 0 Å². The maximum Gasteiger partial charge on any atom is 0.255 e. The van der Waals surface area contributed by atoms with Gasteiger partial charge in [-0.05, 0) is 41.8 Å². The van der Waals surface area contributed by atoms with Crippen LogP contribution < -0.4 is 20.5 Å². The fourth-order valence-electron chi connectivity index (χ4n) is 3.51. The number of amides is 1. The predicted octanol–water partition coefficient (Wildman–Crippen LogP) is 2.74. The summed E-state index contributed by atoms with van der Waals surface area (Å²) in [5.41, 5.74) is 7.49. The number of rotatable bonds is 7. The third kappa shape index (κ3) is 6.51. The van der Waals surface area contributed by atoms with Crippen LogP contribution in [-0.2, 0) is 11.3 Å². The first-order chi connectivity index (χ1) is 14.1. The number of methoxy groups -OCH3 is 1. The van der Waals surface area contributed by atoms with Gasteiger partial charge in [-0.15, -0.1) is 24.0 Å². The summed E-state index contributed by atoms with van der Waals surface area (Å²) in [5.74, 6) is 2.37. The van der Waals surface area contributed by atoms with Crippen LogP contribution in [0.5, 0.6) is 11.5 Å². The number of likely N-dealkylation sites (tertiary alicyclic amines) is 1. The van der Waals surface area contributed by atoms with E-state index >= 15 is 0 Å². The van der Waals surface area contributed by atoms with E-state index in [0.717, 1.165) is 36.8 Å². The molecule has 1 atom stereocenters. The van der Waals surface area contributed by atoms with E-state index in [-0.39, 0.29) is 30.6 Å². The second-order valence-electron chi connectivity index (χ2n) is 7.01. The number of benzene rings is 2. The molecule has 30 heavy (non-hydrogen) atoms. The lowest BCUT2D eigenvalue weighted by atomic mass is 9.98. The third-order valence-corrected chi connectivity index (χ3v) is 5.02. The Kier molecular flexibility index (Phi) is 9.22. The van der Waals surface area contributed by atoms with Gasteiger partial charge in [-0.3, -0.25) is 9.79 Å². The van der Waals surface area contributed by atoms with Gasteiger partial charge in [0.2, 0.25) is 0 Å².